The number of hydrogen-bond acceptors (Lipinski definition) is 6. The van der Waals surface area contributed by atoms with Gasteiger partial charge in [0, 0.05) is 68.3 Å². The molecule has 8 nitrogen and oxygen atoms in total. The van der Waals surface area contributed by atoms with Crippen LogP contribution in [0.15, 0.2) is 97.7 Å². The van der Waals surface area contributed by atoms with E-state index >= 15 is 4.39 Å². The van der Waals surface area contributed by atoms with Gasteiger partial charge in [-0.1, -0.05) is 24.3 Å². The summed E-state index contributed by atoms with van der Waals surface area (Å²) < 4.78 is 17.4. The van der Waals surface area contributed by atoms with Gasteiger partial charge >= 0.3 is 0 Å². The Labute approximate surface area is 248 Å². The molecule has 0 N–H and O–H groups in total. The summed E-state index contributed by atoms with van der Waals surface area (Å²) in [6.07, 6.45) is 11.1. The number of halogens is 1. The first kappa shape index (κ1) is 26.7. The minimum atomic E-state index is -0.568. The number of fused-ring (bicyclic) bond motifs is 2. The molecule has 7 rings (SSSR count). The molecule has 1 aliphatic rings. The van der Waals surface area contributed by atoms with Gasteiger partial charge in [-0.3, -0.25) is 14.2 Å². The van der Waals surface area contributed by atoms with Crippen molar-refractivity contribution in [2.24, 2.45) is 0 Å². The lowest BCUT2D eigenvalue weighted by Gasteiger charge is -2.23. The quantitative estimate of drug-likeness (QED) is 0.231. The predicted molar refractivity (Wildman–Crippen MR) is 165 cm³/mol. The normalized spacial score (nSPS) is 13.7. The van der Waals surface area contributed by atoms with Crippen LogP contribution in [0.5, 0.6) is 0 Å². The zero-order chi connectivity index (χ0) is 29.6. The highest BCUT2D eigenvalue weighted by molar-refractivity contribution is 5.95. The van der Waals surface area contributed by atoms with Gasteiger partial charge in [0.15, 0.2) is 0 Å². The molecule has 0 radical (unpaired) electrons. The van der Waals surface area contributed by atoms with Gasteiger partial charge in [0.25, 0.3) is 5.91 Å². The number of aromatic nitrogens is 5. The van der Waals surface area contributed by atoms with Gasteiger partial charge in [0.05, 0.1) is 23.0 Å². The third-order valence-electron chi connectivity index (χ3n) is 8.45. The fourth-order valence-electron chi connectivity index (χ4n) is 5.74. The number of rotatable bonds is 8. The molecular formula is C34H30FN7O. The smallest absolute Gasteiger partial charge is 0.256 e. The topological polar surface area (TPSA) is 79.5 Å². The van der Waals surface area contributed by atoms with Crippen molar-refractivity contribution in [2.75, 3.05) is 32.1 Å². The Morgan fingerprint density at radius 3 is 2.51 bits per heavy atom. The maximum atomic E-state index is 15.4. The van der Waals surface area contributed by atoms with E-state index in [-0.39, 0.29) is 16.9 Å². The molecule has 4 heterocycles. The number of anilines is 1. The summed E-state index contributed by atoms with van der Waals surface area (Å²) in [5.41, 5.74) is 4.52. The Hall–Kier alpha value is -5.18. The van der Waals surface area contributed by atoms with E-state index in [9.17, 15) is 4.79 Å². The molecule has 43 heavy (non-hydrogen) atoms. The minimum Gasteiger partial charge on any atom is -0.358 e. The number of pyridine rings is 2. The molecule has 1 aliphatic carbocycles. The van der Waals surface area contributed by atoms with Gasteiger partial charge in [-0.15, -0.1) is 0 Å². The van der Waals surface area contributed by atoms with Crippen LogP contribution in [-0.2, 0) is 5.41 Å². The van der Waals surface area contributed by atoms with E-state index in [1.54, 1.807) is 37.8 Å². The predicted octanol–water partition coefficient (Wildman–Crippen LogP) is 5.77. The van der Waals surface area contributed by atoms with Gasteiger partial charge in [-0.05, 0) is 66.4 Å². The Kier molecular flexibility index (Phi) is 6.57. The average molecular weight is 572 g/mol. The number of imidazole rings is 1. The van der Waals surface area contributed by atoms with Crippen LogP contribution in [0.25, 0.3) is 27.8 Å². The second-order valence-electron chi connectivity index (χ2n) is 11.2. The number of benzene rings is 2. The molecule has 6 aromatic rings. The molecule has 9 heteroatoms. The third-order valence-corrected chi connectivity index (χ3v) is 8.45. The van der Waals surface area contributed by atoms with E-state index in [1.807, 2.05) is 53.0 Å². The molecule has 1 fully saturated rings. The van der Waals surface area contributed by atoms with Crippen molar-refractivity contribution in [3.63, 3.8) is 0 Å². The third kappa shape index (κ3) is 4.86. The Bertz CT molecular complexity index is 1970. The van der Waals surface area contributed by atoms with E-state index in [2.05, 4.69) is 44.2 Å². The average Bonchev–Trinajstić information content (AvgIpc) is 3.74. The first-order chi connectivity index (χ1) is 20.9. The number of amides is 1. The molecule has 1 amide bonds. The van der Waals surface area contributed by atoms with Gasteiger partial charge in [0.2, 0.25) is 5.78 Å². The fourth-order valence-corrected chi connectivity index (χ4v) is 5.74. The largest absolute Gasteiger partial charge is 0.358 e. The van der Waals surface area contributed by atoms with Crippen molar-refractivity contribution >= 4 is 28.4 Å². The van der Waals surface area contributed by atoms with E-state index in [0.29, 0.717) is 24.4 Å². The lowest BCUT2D eigenvalue weighted by atomic mass is 9.91. The minimum absolute atomic E-state index is 0.0341. The van der Waals surface area contributed by atoms with Crippen molar-refractivity contribution in [1.29, 1.82) is 0 Å². The number of nitrogens with zero attached hydrogens (tertiary/aromatic N) is 7. The number of carbonyl (C=O) groups excluding carboxylic acids is 1. The number of carbonyl (C=O) groups is 1. The second kappa shape index (κ2) is 10.6. The van der Waals surface area contributed by atoms with Crippen LogP contribution in [0, 0.1) is 5.82 Å². The number of hydrogen-bond donors (Lipinski definition) is 0. The molecular weight excluding hydrogens is 541 g/mol. The lowest BCUT2D eigenvalue weighted by molar-refractivity contribution is 0.0794. The number of likely N-dealkylation sites (N-methyl/N-ethyl adjacent to an activating group) is 2. The standard InChI is InChI=1S/C34H30FN7O/c1-40(31-7-3-4-14-37-31)16-17-41(2)32(43)27-10-8-23(19-28(27)35)25-20-38-33-39-21-30(42(33)22-25)34(12-13-34)26-9-11-29-24(18-26)6-5-15-36-29/h3-11,14-15,18-22H,12-13,16-17H2,1-2H3. The van der Waals surface area contributed by atoms with Crippen molar-refractivity contribution in [1.82, 2.24) is 29.2 Å². The summed E-state index contributed by atoms with van der Waals surface area (Å²) in [4.78, 5) is 34.5. The van der Waals surface area contributed by atoms with E-state index in [4.69, 9.17) is 0 Å². The molecule has 0 bridgehead atoms. The van der Waals surface area contributed by atoms with Crippen molar-refractivity contribution < 1.29 is 9.18 Å². The lowest BCUT2D eigenvalue weighted by Crippen LogP contribution is -2.35. The fraction of sp³-hybridized carbons (Fsp3) is 0.206. The first-order valence-corrected chi connectivity index (χ1v) is 14.3. The van der Waals surface area contributed by atoms with Crippen LogP contribution >= 0.6 is 0 Å². The highest BCUT2D eigenvalue weighted by Crippen LogP contribution is 2.53. The van der Waals surface area contributed by atoms with Gasteiger partial charge < -0.3 is 9.80 Å². The van der Waals surface area contributed by atoms with Crippen LogP contribution in [0.3, 0.4) is 0 Å². The molecule has 0 spiro atoms. The summed E-state index contributed by atoms with van der Waals surface area (Å²) >= 11 is 0. The Morgan fingerprint density at radius 2 is 1.72 bits per heavy atom. The summed E-state index contributed by atoms with van der Waals surface area (Å²) in [5.74, 6) is 0.469. The van der Waals surface area contributed by atoms with Gasteiger partial charge in [0.1, 0.15) is 11.6 Å². The summed E-state index contributed by atoms with van der Waals surface area (Å²) in [6, 6.07) is 20.9. The van der Waals surface area contributed by atoms with Gasteiger partial charge in [-0.25, -0.2) is 19.3 Å². The second-order valence-corrected chi connectivity index (χ2v) is 11.2. The van der Waals surface area contributed by atoms with Crippen LogP contribution in [0.1, 0.15) is 34.5 Å². The van der Waals surface area contributed by atoms with Crippen LogP contribution < -0.4 is 4.90 Å². The zero-order valence-corrected chi connectivity index (χ0v) is 24.0. The summed E-state index contributed by atoms with van der Waals surface area (Å²) in [7, 11) is 3.59. The van der Waals surface area contributed by atoms with Crippen LogP contribution in [-0.4, -0.2) is 62.3 Å². The molecule has 0 saturated heterocycles. The molecule has 2 aromatic carbocycles. The molecule has 0 unspecified atom stereocenters. The zero-order valence-electron chi connectivity index (χ0n) is 24.0. The maximum Gasteiger partial charge on any atom is 0.256 e. The molecule has 0 aliphatic heterocycles. The molecule has 4 aromatic heterocycles. The van der Waals surface area contributed by atoms with Crippen molar-refractivity contribution in [3.8, 4) is 11.1 Å². The summed E-state index contributed by atoms with van der Waals surface area (Å²) in [6.45, 7) is 0.988. The monoisotopic (exact) mass is 571 g/mol. The molecule has 214 valence electrons. The molecule has 1 saturated carbocycles. The first-order valence-electron chi connectivity index (χ1n) is 14.3. The van der Waals surface area contributed by atoms with E-state index in [1.165, 1.54) is 16.5 Å². The SMILES string of the molecule is CN(CCN(C)c1ccccn1)C(=O)c1ccc(-c2cnc3ncc(C4(c5ccc6ncccc6c5)CC4)n3c2)cc1F. The van der Waals surface area contributed by atoms with E-state index < -0.39 is 5.82 Å². The Morgan fingerprint density at radius 1 is 0.884 bits per heavy atom. The highest BCUT2D eigenvalue weighted by Gasteiger charge is 2.48. The van der Waals surface area contributed by atoms with Gasteiger partial charge in [-0.2, -0.15) is 0 Å². The molecule has 0 atom stereocenters. The maximum absolute atomic E-state index is 15.4. The Balaban J connectivity index is 1.13. The van der Waals surface area contributed by atoms with E-state index in [0.717, 1.165) is 40.8 Å². The van der Waals surface area contributed by atoms with Crippen LogP contribution in [0.4, 0.5) is 10.2 Å². The van der Waals surface area contributed by atoms with Crippen molar-refractivity contribution in [3.05, 3.63) is 120 Å². The van der Waals surface area contributed by atoms with Crippen molar-refractivity contribution in [2.45, 2.75) is 18.3 Å². The highest BCUT2D eigenvalue weighted by atomic mass is 19.1. The van der Waals surface area contributed by atoms with Crippen LogP contribution in [0.2, 0.25) is 0 Å². The summed E-state index contributed by atoms with van der Waals surface area (Å²) in [5, 5.41) is 1.11.